The Labute approximate surface area is 186 Å². The summed E-state index contributed by atoms with van der Waals surface area (Å²) in [4.78, 5) is 3.71. The van der Waals surface area contributed by atoms with E-state index in [1.54, 1.807) is 22.7 Å². The summed E-state index contributed by atoms with van der Waals surface area (Å²) in [6, 6.07) is 13.7. The van der Waals surface area contributed by atoms with Gasteiger partial charge in [0.1, 0.15) is 11.4 Å². The number of ether oxygens (including phenoxy) is 1. The molecule has 0 spiro atoms. The Bertz CT molecular complexity index is 1280. The molecule has 0 bridgehead atoms. The van der Waals surface area contributed by atoms with E-state index in [1.165, 1.54) is 48.6 Å². The number of anilines is 3. The molecule has 4 aromatic rings. The maximum absolute atomic E-state index is 6.43. The number of thiophene rings is 2. The summed E-state index contributed by atoms with van der Waals surface area (Å²) in [7, 11) is 0. The van der Waals surface area contributed by atoms with E-state index in [1.807, 2.05) is 0 Å². The van der Waals surface area contributed by atoms with Crippen molar-refractivity contribution in [1.29, 1.82) is 0 Å². The Morgan fingerprint density at radius 2 is 1.50 bits per heavy atom. The van der Waals surface area contributed by atoms with Crippen molar-refractivity contribution in [3.05, 3.63) is 63.5 Å². The van der Waals surface area contributed by atoms with Gasteiger partial charge in [0.25, 0.3) is 0 Å². The fourth-order valence-corrected chi connectivity index (χ4v) is 6.37. The van der Waals surface area contributed by atoms with E-state index in [-0.39, 0.29) is 5.41 Å². The van der Waals surface area contributed by atoms with Gasteiger partial charge in [-0.25, -0.2) is 0 Å². The number of rotatable bonds is 1. The van der Waals surface area contributed by atoms with Crippen molar-refractivity contribution in [2.75, 3.05) is 4.90 Å². The normalized spacial score (nSPS) is 13.4. The van der Waals surface area contributed by atoms with Crippen molar-refractivity contribution < 1.29 is 4.74 Å². The van der Waals surface area contributed by atoms with Crippen LogP contribution in [0, 0.1) is 27.7 Å². The lowest BCUT2D eigenvalue weighted by Crippen LogP contribution is -2.18. The van der Waals surface area contributed by atoms with E-state index in [2.05, 4.69) is 89.8 Å². The SMILES string of the molecule is Cc1ccc2c3c(sc2c1)Oc1sc(C)cc1N3c1c(C)cc(C(C)(C)C)cc1C. The Balaban J connectivity index is 1.82. The lowest BCUT2D eigenvalue weighted by molar-refractivity contribution is 0.506. The van der Waals surface area contributed by atoms with Crippen LogP contribution in [-0.4, -0.2) is 0 Å². The molecule has 0 radical (unpaired) electrons. The molecule has 2 aromatic carbocycles. The van der Waals surface area contributed by atoms with E-state index >= 15 is 0 Å². The van der Waals surface area contributed by atoms with Crippen LogP contribution in [0.25, 0.3) is 10.1 Å². The molecule has 0 aliphatic carbocycles. The Kier molecular flexibility index (Phi) is 4.32. The van der Waals surface area contributed by atoms with Crippen LogP contribution >= 0.6 is 22.7 Å². The molecule has 1 aliphatic rings. The van der Waals surface area contributed by atoms with Gasteiger partial charge in [0, 0.05) is 15.0 Å². The molecule has 154 valence electrons. The first-order chi connectivity index (χ1) is 14.1. The average Bonchev–Trinajstić information content (AvgIpc) is 3.17. The topological polar surface area (TPSA) is 12.5 Å². The molecule has 0 fully saturated rings. The zero-order chi connectivity index (χ0) is 21.4. The van der Waals surface area contributed by atoms with E-state index in [0.717, 1.165) is 15.8 Å². The van der Waals surface area contributed by atoms with Gasteiger partial charge >= 0.3 is 0 Å². The van der Waals surface area contributed by atoms with Crippen LogP contribution in [0.3, 0.4) is 0 Å². The molecule has 0 saturated heterocycles. The molecule has 2 nitrogen and oxygen atoms in total. The molecule has 0 unspecified atom stereocenters. The molecule has 3 heterocycles. The third-order valence-electron chi connectivity index (χ3n) is 5.82. The minimum Gasteiger partial charge on any atom is -0.431 e. The number of hydrogen-bond acceptors (Lipinski definition) is 4. The van der Waals surface area contributed by atoms with Crippen LogP contribution in [0.5, 0.6) is 10.1 Å². The molecule has 30 heavy (non-hydrogen) atoms. The minimum absolute atomic E-state index is 0.126. The van der Waals surface area contributed by atoms with Crippen LogP contribution in [0.4, 0.5) is 17.1 Å². The van der Waals surface area contributed by atoms with Crippen LogP contribution in [0.2, 0.25) is 0 Å². The number of nitrogens with zero attached hydrogens (tertiary/aromatic N) is 1. The molecular formula is C26H27NOS2. The third kappa shape index (κ3) is 2.97. The lowest BCUT2D eigenvalue weighted by atomic mass is 9.84. The highest BCUT2D eigenvalue weighted by Crippen LogP contribution is 2.60. The standard InChI is InChI=1S/C26H27NOS2/c1-14-8-9-19-21(10-14)30-25-23(19)27(20-13-17(4)29-24(20)28-25)22-15(2)11-18(12-16(22)3)26(5,6)7/h8-13H,1-7H3. The highest BCUT2D eigenvalue weighted by molar-refractivity contribution is 7.22. The molecule has 0 saturated carbocycles. The summed E-state index contributed by atoms with van der Waals surface area (Å²) in [6.07, 6.45) is 0. The van der Waals surface area contributed by atoms with Crippen molar-refractivity contribution in [2.45, 2.75) is 53.9 Å². The summed E-state index contributed by atoms with van der Waals surface area (Å²) in [5.74, 6) is 0. The molecule has 2 aromatic heterocycles. The molecule has 0 atom stereocenters. The van der Waals surface area contributed by atoms with Gasteiger partial charge < -0.3 is 9.64 Å². The summed E-state index contributed by atoms with van der Waals surface area (Å²) < 4.78 is 7.70. The van der Waals surface area contributed by atoms with E-state index in [4.69, 9.17) is 4.74 Å². The van der Waals surface area contributed by atoms with Crippen LogP contribution in [0.15, 0.2) is 36.4 Å². The van der Waals surface area contributed by atoms with E-state index < -0.39 is 0 Å². The molecule has 0 N–H and O–H groups in total. The molecule has 4 heteroatoms. The van der Waals surface area contributed by atoms with Gasteiger partial charge in [-0.05, 0) is 67.5 Å². The van der Waals surface area contributed by atoms with Crippen molar-refractivity contribution in [3.63, 3.8) is 0 Å². The monoisotopic (exact) mass is 433 g/mol. The molecule has 0 amide bonds. The summed E-state index contributed by atoms with van der Waals surface area (Å²) in [5, 5.41) is 3.24. The van der Waals surface area contributed by atoms with Gasteiger partial charge in [0.2, 0.25) is 10.1 Å². The second-order valence-corrected chi connectivity index (χ2v) is 11.6. The second-order valence-electron chi connectivity index (χ2n) is 9.41. The molecule has 1 aliphatic heterocycles. The second kappa shape index (κ2) is 6.60. The first-order valence-corrected chi connectivity index (χ1v) is 12.0. The fraction of sp³-hybridized carbons (Fsp3) is 0.308. The number of benzene rings is 2. The number of fused-ring (bicyclic) bond motifs is 4. The van der Waals surface area contributed by atoms with Crippen LogP contribution in [0.1, 0.15) is 47.9 Å². The van der Waals surface area contributed by atoms with Gasteiger partial charge in [-0.3, -0.25) is 0 Å². The smallest absolute Gasteiger partial charge is 0.207 e. The van der Waals surface area contributed by atoms with Crippen molar-refractivity contribution in [1.82, 2.24) is 0 Å². The summed E-state index contributed by atoms with van der Waals surface area (Å²) >= 11 is 3.47. The zero-order valence-electron chi connectivity index (χ0n) is 18.6. The Morgan fingerprint density at radius 1 is 0.800 bits per heavy atom. The maximum atomic E-state index is 6.43. The maximum Gasteiger partial charge on any atom is 0.207 e. The summed E-state index contributed by atoms with van der Waals surface area (Å²) in [6.45, 7) is 15.6. The Hall–Kier alpha value is -2.30. The summed E-state index contributed by atoms with van der Waals surface area (Å²) in [5.41, 5.74) is 8.98. The zero-order valence-corrected chi connectivity index (χ0v) is 20.3. The first kappa shape index (κ1) is 19.7. The highest BCUT2D eigenvalue weighted by Gasteiger charge is 2.33. The third-order valence-corrected chi connectivity index (χ3v) is 7.76. The van der Waals surface area contributed by atoms with Crippen LogP contribution < -0.4 is 9.64 Å². The van der Waals surface area contributed by atoms with Gasteiger partial charge in [0.05, 0.1) is 5.69 Å². The lowest BCUT2D eigenvalue weighted by Gasteiger charge is -2.33. The number of hydrogen-bond donors (Lipinski definition) is 0. The molecule has 5 rings (SSSR count). The van der Waals surface area contributed by atoms with E-state index in [0.29, 0.717) is 0 Å². The van der Waals surface area contributed by atoms with E-state index in [9.17, 15) is 0 Å². The van der Waals surface area contributed by atoms with Gasteiger partial charge in [-0.15, -0.1) is 11.3 Å². The predicted octanol–water partition coefficient (Wildman–Crippen LogP) is 9.07. The van der Waals surface area contributed by atoms with Gasteiger partial charge in [-0.2, -0.15) is 0 Å². The minimum atomic E-state index is 0.126. The highest BCUT2D eigenvalue weighted by atomic mass is 32.1. The van der Waals surface area contributed by atoms with Crippen LogP contribution in [-0.2, 0) is 5.41 Å². The largest absolute Gasteiger partial charge is 0.431 e. The van der Waals surface area contributed by atoms with Gasteiger partial charge in [-0.1, -0.05) is 56.4 Å². The van der Waals surface area contributed by atoms with Crippen molar-refractivity contribution >= 4 is 49.8 Å². The average molecular weight is 434 g/mol. The van der Waals surface area contributed by atoms with Crippen molar-refractivity contribution in [3.8, 4) is 10.1 Å². The molecular weight excluding hydrogens is 406 g/mol. The van der Waals surface area contributed by atoms with Gasteiger partial charge in [0.15, 0.2) is 0 Å². The fourth-order valence-electron chi connectivity index (χ4n) is 4.34. The van der Waals surface area contributed by atoms with Crippen molar-refractivity contribution in [2.24, 2.45) is 0 Å². The number of aryl methyl sites for hydroxylation is 4. The quantitative estimate of drug-likeness (QED) is 0.261. The first-order valence-electron chi connectivity index (χ1n) is 10.4. The Morgan fingerprint density at radius 3 is 2.17 bits per heavy atom. The predicted molar refractivity (Wildman–Crippen MR) is 132 cm³/mol.